The maximum atomic E-state index is 11.9. The first-order valence-corrected chi connectivity index (χ1v) is 7.78. The van der Waals surface area contributed by atoms with Crippen LogP contribution in [0.5, 0.6) is 0 Å². The fraction of sp³-hybridized carbons (Fsp3) is 0.867. The highest BCUT2D eigenvalue weighted by Crippen LogP contribution is 2.25. The molecule has 1 aliphatic heterocycles. The first-order valence-electron chi connectivity index (χ1n) is 7.78. The number of esters is 2. The number of unbranched alkanes of at least 4 members (excludes halogenated alkanes) is 3. The number of carbonyl (C=O) groups is 2. The van der Waals surface area contributed by atoms with Crippen LogP contribution >= 0.6 is 0 Å². The first-order chi connectivity index (χ1) is 10.1. The molecule has 122 valence electrons. The second kappa shape index (κ2) is 9.73. The van der Waals surface area contributed by atoms with Crippen LogP contribution in [-0.4, -0.2) is 43.7 Å². The van der Waals surface area contributed by atoms with Crippen LogP contribution in [0.3, 0.4) is 0 Å². The molecule has 2 atom stereocenters. The topological polar surface area (TPSA) is 71.1 Å². The molecule has 1 heterocycles. The van der Waals surface area contributed by atoms with Crippen molar-refractivity contribution in [1.82, 2.24) is 0 Å². The third-order valence-corrected chi connectivity index (χ3v) is 3.20. The molecule has 0 N–H and O–H groups in total. The van der Waals surface area contributed by atoms with E-state index in [-0.39, 0.29) is 13.2 Å². The number of hydrogen-bond acceptors (Lipinski definition) is 6. The van der Waals surface area contributed by atoms with Gasteiger partial charge in [0, 0.05) is 0 Å². The van der Waals surface area contributed by atoms with Crippen LogP contribution in [0.25, 0.3) is 0 Å². The molecule has 0 aromatic carbocycles. The minimum atomic E-state index is -1.03. The van der Waals surface area contributed by atoms with E-state index in [0.717, 1.165) is 25.7 Å². The summed E-state index contributed by atoms with van der Waals surface area (Å²) < 4.78 is 20.9. The zero-order valence-corrected chi connectivity index (χ0v) is 13.1. The van der Waals surface area contributed by atoms with Gasteiger partial charge in [-0.15, -0.1) is 0 Å². The highest BCUT2D eigenvalue weighted by atomic mass is 16.8. The van der Waals surface area contributed by atoms with E-state index in [1.54, 1.807) is 13.8 Å². The lowest BCUT2D eigenvalue weighted by Crippen LogP contribution is -2.39. The quantitative estimate of drug-likeness (QED) is 0.480. The zero-order valence-electron chi connectivity index (χ0n) is 13.1. The van der Waals surface area contributed by atoms with Crippen molar-refractivity contribution in [3.05, 3.63) is 0 Å². The molecule has 1 rings (SSSR count). The summed E-state index contributed by atoms with van der Waals surface area (Å²) in [5, 5.41) is 0. The Morgan fingerprint density at radius 1 is 0.857 bits per heavy atom. The van der Waals surface area contributed by atoms with Gasteiger partial charge in [-0.25, -0.2) is 9.59 Å². The maximum absolute atomic E-state index is 11.9. The largest absolute Gasteiger partial charge is 0.464 e. The molecule has 0 spiro atoms. The molecular formula is C15H26O6. The van der Waals surface area contributed by atoms with Gasteiger partial charge in [0.25, 0.3) is 0 Å². The van der Waals surface area contributed by atoms with Gasteiger partial charge in [0.1, 0.15) is 0 Å². The van der Waals surface area contributed by atoms with Crippen molar-refractivity contribution in [2.45, 2.75) is 71.4 Å². The average molecular weight is 302 g/mol. The molecule has 0 aromatic heterocycles. The van der Waals surface area contributed by atoms with Gasteiger partial charge in [0.2, 0.25) is 0 Å². The van der Waals surface area contributed by atoms with Gasteiger partial charge in [-0.3, -0.25) is 0 Å². The summed E-state index contributed by atoms with van der Waals surface area (Å²) >= 11 is 0. The molecule has 0 aromatic rings. The summed E-state index contributed by atoms with van der Waals surface area (Å²) in [5.41, 5.74) is 0. The number of hydrogen-bond donors (Lipinski definition) is 0. The van der Waals surface area contributed by atoms with Crippen molar-refractivity contribution in [2.24, 2.45) is 0 Å². The van der Waals surface area contributed by atoms with Crippen molar-refractivity contribution < 1.29 is 28.5 Å². The number of ether oxygens (including phenoxy) is 4. The van der Waals surface area contributed by atoms with E-state index in [1.165, 1.54) is 0 Å². The third kappa shape index (κ3) is 5.63. The molecule has 0 aliphatic carbocycles. The van der Waals surface area contributed by atoms with Crippen molar-refractivity contribution >= 4 is 11.9 Å². The summed E-state index contributed by atoms with van der Waals surface area (Å²) in [5.74, 6) is -1.15. The summed E-state index contributed by atoms with van der Waals surface area (Å²) in [6, 6.07) is 0. The molecule has 6 heteroatoms. The van der Waals surface area contributed by atoms with Gasteiger partial charge in [-0.2, -0.15) is 0 Å². The fourth-order valence-electron chi connectivity index (χ4n) is 2.18. The second-order valence-corrected chi connectivity index (χ2v) is 4.90. The third-order valence-electron chi connectivity index (χ3n) is 3.20. The molecule has 2 unspecified atom stereocenters. The Morgan fingerprint density at radius 3 is 1.81 bits per heavy atom. The van der Waals surface area contributed by atoms with E-state index in [1.807, 2.05) is 0 Å². The van der Waals surface area contributed by atoms with E-state index in [2.05, 4.69) is 6.92 Å². The molecule has 1 saturated heterocycles. The Bertz CT molecular complexity index is 304. The number of carbonyl (C=O) groups excluding carboxylic acids is 2. The molecule has 1 fully saturated rings. The molecular weight excluding hydrogens is 276 g/mol. The molecule has 21 heavy (non-hydrogen) atoms. The molecule has 0 saturated carbocycles. The van der Waals surface area contributed by atoms with Gasteiger partial charge < -0.3 is 18.9 Å². The Hall–Kier alpha value is -1.14. The highest BCUT2D eigenvalue weighted by molar-refractivity contribution is 5.86. The summed E-state index contributed by atoms with van der Waals surface area (Å²) in [7, 11) is 0. The van der Waals surface area contributed by atoms with Crippen molar-refractivity contribution in [1.29, 1.82) is 0 Å². The van der Waals surface area contributed by atoms with Crippen LogP contribution in [0, 0.1) is 0 Å². The van der Waals surface area contributed by atoms with E-state index in [4.69, 9.17) is 18.9 Å². The van der Waals surface area contributed by atoms with Crippen LogP contribution in [0.4, 0.5) is 0 Å². The Morgan fingerprint density at radius 2 is 1.38 bits per heavy atom. The minimum absolute atomic E-state index is 0.232. The summed E-state index contributed by atoms with van der Waals surface area (Å²) in [4.78, 5) is 23.7. The van der Waals surface area contributed by atoms with Gasteiger partial charge in [0.05, 0.1) is 13.2 Å². The van der Waals surface area contributed by atoms with Gasteiger partial charge in [-0.1, -0.05) is 26.2 Å². The molecule has 6 nitrogen and oxygen atoms in total. The molecule has 1 aliphatic rings. The fourth-order valence-corrected chi connectivity index (χ4v) is 2.18. The van der Waals surface area contributed by atoms with Crippen LogP contribution in [0.2, 0.25) is 0 Å². The first kappa shape index (κ1) is 17.9. The zero-order chi connectivity index (χ0) is 15.7. The summed E-state index contributed by atoms with van der Waals surface area (Å²) in [6.07, 6.45) is 2.35. The molecule has 0 radical (unpaired) electrons. The lowest BCUT2D eigenvalue weighted by Gasteiger charge is -2.13. The van der Waals surface area contributed by atoms with E-state index in [0.29, 0.717) is 6.42 Å². The lowest BCUT2D eigenvalue weighted by molar-refractivity contribution is -0.163. The Kier molecular flexibility index (Phi) is 8.30. The number of rotatable bonds is 9. The van der Waals surface area contributed by atoms with Gasteiger partial charge in [-0.05, 0) is 26.7 Å². The second-order valence-electron chi connectivity index (χ2n) is 4.90. The molecule has 0 amide bonds. The maximum Gasteiger partial charge on any atom is 0.338 e. The van der Waals surface area contributed by atoms with Crippen LogP contribution < -0.4 is 0 Å². The Balaban J connectivity index is 2.56. The van der Waals surface area contributed by atoms with Crippen molar-refractivity contribution in [3.8, 4) is 0 Å². The van der Waals surface area contributed by atoms with E-state index in [9.17, 15) is 9.59 Å². The monoisotopic (exact) mass is 302 g/mol. The van der Waals surface area contributed by atoms with E-state index >= 15 is 0 Å². The Labute approximate surface area is 126 Å². The standard InChI is InChI=1S/C15H26O6/c1-4-7-8-9-10-11-20-12(14(16)18-5-2)13(21-11)15(17)19-6-3/h11-13H,4-10H2,1-3H3. The molecule has 0 bridgehead atoms. The van der Waals surface area contributed by atoms with E-state index < -0.39 is 30.4 Å². The average Bonchev–Trinajstić information content (AvgIpc) is 2.88. The van der Waals surface area contributed by atoms with Crippen molar-refractivity contribution in [3.63, 3.8) is 0 Å². The predicted octanol–water partition coefficient (Wildman–Crippen LogP) is 2.19. The normalized spacial score (nSPS) is 24.8. The predicted molar refractivity (Wildman–Crippen MR) is 75.6 cm³/mol. The van der Waals surface area contributed by atoms with Gasteiger partial charge in [0.15, 0.2) is 18.5 Å². The van der Waals surface area contributed by atoms with Crippen LogP contribution in [0.1, 0.15) is 52.9 Å². The minimum Gasteiger partial charge on any atom is -0.464 e. The lowest BCUT2D eigenvalue weighted by atomic mass is 10.1. The summed E-state index contributed by atoms with van der Waals surface area (Å²) in [6.45, 7) is 6.01. The van der Waals surface area contributed by atoms with Crippen molar-refractivity contribution in [2.75, 3.05) is 13.2 Å². The van der Waals surface area contributed by atoms with Crippen LogP contribution in [0.15, 0.2) is 0 Å². The highest BCUT2D eigenvalue weighted by Gasteiger charge is 2.46. The van der Waals surface area contributed by atoms with Gasteiger partial charge >= 0.3 is 11.9 Å². The van der Waals surface area contributed by atoms with Crippen LogP contribution in [-0.2, 0) is 28.5 Å². The SMILES string of the molecule is CCCCCCC1OC(C(=O)OCC)C(C(=O)OCC)O1. The smallest absolute Gasteiger partial charge is 0.338 e.